The van der Waals surface area contributed by atoms with Crippen LogP contribution in [0.2, 0.25) is 0 Å². The Morgan fingerprint density at radius 2 is 1.90 bits per heavy atom. The van der Waals surface area contributed by atoms with Gasteiger partial charge >= 0.3 is 0 Å². The largest absolute Gasteiger partial charge is 0.376 e. The predicted molar refractivity (Wildman–Crippen MR) is 115 cm³/mol. The summed E-state index contributed by atoms with van der Waals surface area (Å²) in [4.78, 5) is 19.2. The molecule has 1 aromatic heterocycles. The Morgan fingerprint density at radius 3 is 2.55 bits per heavy atom. The molecule has 2 aliphatic carbocycles. The highest BCUT2D eigenvalue weighted by molar-refractivity contribution is 7.90. The third-order valence-corrected chi connectivity index (χ3v) is 7.84. The quantitative estimate of drug-likeness (QED) is 0.595. The molecule has 3 aliphatic rings. The van der Waals surface area contributed by atoms with Crippen LogP contribution in [-0.2, 0) is 31.7 Å². The van der Waals surface area contributed by atoms with E-state index in [0.29, 0.717) is 13.1 Å². The van der Waals surface area contributed by atoms with E-state index in [1.807, 2.05) is 39.8 Å². The summed E-state index contributed by atoms with van der Waals surface area (Å²) in [6.45, 7) is 1.70. The molecule has 5 rings (SSSR count). The first-order valence-electron chi connectivity index (χ1n) is 11.2. The van der Waals surface area contributed by atoms with Gasteiger partial charge in [-0.3, -0.25) is 4.79 Å². The van der Waals surface area contributed by atoms with Gasteiger partial charge in [0, 0.05) is 25.1 Å². The maximum Gasteiger partial charge on any atom is 0.228 e. The molecule has 1 aromatic carbocycles. The lowest BCUT2D eigenvalue weighted by atomic mass is 10.2. The monoisotopic (exact) mass is 443 g/mol. The third kappa shape index (κ3) is 4.70. The molecule has 1 atom stereocenters. The second-order valence-electron chi connectivity index (χ2n) is 9.01. The molecule has 3 fully saturated rings. The van der Waals surface area contributed by atoms with Gasteiger partial charge in [-0.2, -0.15) is 0 Å². The number of rotatable bonds is 9. The van der Waals surface area contributed by atoms with Gasteiger partial charge in [0.25, 0.3) is 0 Å². The zero-order valence-electron chi connectivity index (χ0n) is 17.7. The molecule has 0 bridgehead atoms. The van der Waals surface area contributed by atoms with Crippen molar-refractivity contribution in [3.63, 3.8) is 0 Å². The molecule has 1 saturated heterocycles. The third-order valence-electron chi connectivity index (χ3n) is 6.27. The lowest BCUT2D eigenvalue weighted by Crippen LogP contribution is -2.38. The average Bonchev–Trinajstić information content (AvgIpc) is 3.68. The van der Waals surface area contributed by atoms with Gasteiger partial charge in [-0.15, -0.1) is 0 Å². The molecule has 166 valence electrons. The van der Waals surface area contributed by atoms with Crippen LogP contribution in [0.1, 0.15) is 55.8 Å². The van der Waals surface area contributed by atoms with E-state index in [0.717, 1.165) is 56.4 Å². The first-order valence-corrected chi connectivity index (χ1v) is 12.9. The molecule has 0 radical (unpaired) electrons. The second-order valence-corrected chi connectivity index (χ2v) is 10.9. The fourth-order valence-electron chi connectivity index (χ4n) is 4.36. The van der Waals surface area contributed by atoms with E-state index in [9.17, 15) is 13.2 Å². The molecule has 2 heterocycles. The lowest BCUT2D eigenvalue weighted by Gasteiger charge is -2.26. The number of carbonyl (C=O) groups is 1. The van der Waals surface area contributed by atoms with Crippen LogP contribution in [-0.4, -0.2) is 48.0 Å². The van der Waals surface area contributed by atoms with E-state index in [1.54, 1.807) is 6.20 Å². The summed E-state index contributed by atoms with van der Waals surface area (Å²) in [7, 11) is -3.59. The minimum atomic E-state index is -3.59. The van der Waals surface area contributed by atoms with Gasteiger partial charge in [-0.25, -0.2) is 13.4 Å². The normalized spacial score (nSPS) is 21.4. The van der Waals surface area contributed by atoms with Crippen LogP contribution in [0.5, 0.6) is 0 Å². The maximum atomic E-state index is 13.2. The summed E-state index contributed by atoms with van der Waals surface area (Å²) >= 11 is 0. The van der Waals surface area contributed by atoms with E-state index in [2.05, 4.69) is 4.98 Å². The number of aromatic nitrogens is 2. The minimum absolute atomic E-state index is 0.0706. The highest BCUT2D eigenvalue weighted by atomic mass is 32.2. The molecule has 7 nitrogen and oxygen atoms in total. The Bertz CT molecular complexity index is 1040. The number of imidazole rings is 1. The van der Waals surface area contributed by atoms with Crippen molar-refractivity contribution in [2.24, 2.45) is 5.92 Å². The zero-order valence-corrected chi connectivity index (χ0v) is 18.5. The highest BCUT2D eigenvalue weighted by Gasteiger charge is 2.37. The van der Waals surface area contributed by atoms with E-state index in [4.69, 9.17) is 4.74 Å². The number of ether oxygens (including phenoxy) is 1. The molecule has 8 heteroatoms. The highest BCUT2D eigenvalue weighted by Crippen LogP contribution is 2.39. The number of hydrogen-bond donors (Lipinski definition) is 0. The van der Waals surface area contributed by atoms with Gasteiger partial charge in [0.05, 0.1) is 30.3 Å². The number of carbonyl (C=O) groups excluding carboxylic acids is 1. The van der Waals surface area contributed by atoms with Crippen molar-refractivity contribution in [2.45, 2.75) is 68.1 Å². The van der Waals surface area contributed by atoms with Crippen molar-refractivity contribution >= 4 is 15.7 Å². The Kier molecular flexibility index (Phi) is 5.60. The van der Waals surface area contributed by atoms with E-state index in [-0.39, 0.29) is 34.9 Å². The van der Waals surface area contributed by atoms with Crippen LogP contribution < -0.4 is 0 Å². The first kappa shape index (κ1) is 20.7. The summed E-state index contributed by atoms with van der Waals surface area (Å²) in [6.07, 6.45) is 7.49. The molecule has 31 heavy (non-hydrogen) atoms. The van der Waals surface area contributed by atoms with Crippen molar-refractivity contribution < 1.29 is 17.9 Å². The van der Waals surface area contributed by atoms with Gasteiger partial charge in [-0.1, -0.05) is 30.3 Å². The number of sulfone groups is 1. The first-order chi connectivity index (χ1) is 15.0. The summed E-state index contributed by atoms with van der Waals surface area (Å²) in [5, 5.41) is 0.129. The number of amides is 1. The van der Waals surface area contributed by atoms with Crippen LogP contribution >= 0.6 is 0 Å². The number of benzene rings is 1. The van der Waals surface area contributed by atoms with Gasteiger partial charge in [-0.05, 0) is 44.1 Å². The standard InChI is InChI=1S/C23H29N3O4S/c27-22(18-8-9-18)25(15-21-7-4-12-30-21)14-20-13-24-23(26(20)19-10-11-19)31(28,29)16-17-5-2-1-3-6-17/h1-3,5-6,13,18-19,21H,4,7-12,14-16H2. The fourth-order valence-corrected chi connectivity index (χ4v) is 5.90. The Morgan fingerprint density at radius 1 is 1.13 bits per heavy atom. The van der Waals surface area contributed by atoms with Gasteiger partial charge < -0.3 is 14.2 Å². The van der Waals surface area contributed by atoms with Crippen LogP contribution in [0, 0.1) is 5.92 Å². The molecule has 2 saturated carbocycles. The van der Waals surface area contributed by atoms with Crippen molar-refractivity contribution in [2.75, 3.05) is 13.2 Å². The van der Waals surface area contributed by atoms with Crippen molar-refractivity contribution in [1.82, 2.24) is 14.5 Å². The van der Waals surface area contributed by atoms with Crippen LogP contribution in [0.15, 0.2) is 41.7 Å². The minimum Gasteiger partial charge on any atom is -0.376 e. The smallest absolute Gasteiger partial charge is 0.228 e. The zero-order chi connectivity index (χ0) is 21.4. The maximum absolute atomic E-state index is 13.2. The van der Waals surface area contributed by atoms with Gasteiger partial charge in [0.2, 0.25) is 20.9 Å². The fraction of sp³-hybridized carbons (Fsp3) is 0.565. The number of nitrogens with zero attached hydrogens (tertiary/aromatic N) is 3. The molecule has 2 aromatic rings. The molecule has 1 aliphatic heterocycles. The van der Waals surface area contributed by atoms with Crippen LogP contribution in [0.25, 0.3) is 0 Å². The van der Waals surface area contributed by atoms with Gasteiger partial charge in [0.15, 0.2) is 0 Å². The second kappa shape index (κ2) is 8.39. The average molecular weight is 444 g/mol. The van der Waals surface area contributed by atoms with E-state index in [1.165, 1.54) is 0 Å². The summed E-state index contributed by atoms with van der Waals surface area (Å²) in [5.74, 6) is 0.199. The number of hydrogen-bond acceptors (Lipinski definition) is 5. The lowest BCUT2D eigenvalue weighted by molar-refractivity contribution is -0.134. The topological polar surface area (TPSA) is 81.5 Å². The Labute approximate surface area is 183 Å². The summed E-state index contributed by atoms with van der Waals surface area (Å²) in [5.41, 5.74) is 1.56. The molecule has 0 spiro atoms. The Balaban J connectivity index is 1.41. The molecular formula is C23H29N3O4S. The van der Waals surface area contributed by atoms with Crippen LogP contribution in [0.3, 0.4) is 0 Å². The molecule has 1 amide bonds. The Hall–Kier alpha value is -2.19. The molecule has 0 N–H and O–H groups in total. The summed E-state index contributed by atoms with van der Waals surface area (Å²) in [6, 6.07) is 9.35. The van der Waals surface area contributed by atoms with Gasteiger partial charge in [0.1, 0.15) is 0 Å². The molecular weight excluding hydrogens is 414 g/mol. The predicted octanol–water partition coefficient (Wildman–Crippen LogP) is 3.11. The van der Waals surface area contributed by atoms with Crippen molar-refractivity contribution in [1.29, 1.82) is 0 Å². The van der Waals surface area contributed by atoms with E-state index >= 15 is 0 Å². The van der Waals surface area contributed by atoms with Crippen LogP contribution in [0.4, 0.5) is 0 Å². The SMILES string of the molecule is O=C(C1CC1)N(Cc1cnc(S(=O)(=O)Cc2ccccc2)n1C1CC1)CC1CCCO1. The van der Waals surface area contributed by atoms with Crippen molar-refractivity contribution in [3.05, 3.63) is 47.8 Å². The van der Waals surface area contributed by atoms with Crippen molar-refractivity contribution in [3.8, 4) is 0 Å². The van der Waals surface area contributed by atoms with E-state index < -0.39 is 9.84 Å². The summed E-state index contributed by atoms with van der Waals surface area (Å²) < 4.78 is 34.1. The molecule has 1 unspecified atom stereocenters.